The molecule has 0 aromatic heterocycles. The third-order valence-electron chi connectivity index (χ3n) is 5.59. The molecule has 158 valence electrons. The maximum Gasteiger partial charge on any atom is 0.149 e. The topological polar surface area (TPSA) is 36.4 Å². The summed E-state index contributed by atoms with van der Waals surface area (Å²) in [6.07, 6.45) is 3.18. The molecule has 3 aromatic rings. The van der Waals surface area contributed by atoms with Crippen LogP contribution in [0.2, 0.25) is 0 Å². The highest BCUT2D eigenvalue weighted by Gasteiger charge is 2.20. The molecule has 31 heavy (non-hydrogen) atoms. The predicted octanol–water partition coefficient (Wildman–Crippen LogP) is 7.17. The predicted molar refractivity (Wildman–Crippen MR) is 134 cm³/mol. The van der Waals surface area contributed by atoms with Crippen LogP contribution in [0.3, 0.4) is 0 Å². The third kappa shape index (κ3) is 4.88. The van der Waals surface area contributed by atoms with Crippen molar-refractivity contribution in [1.29, 1.82) is 0 Å². The lowest BCUT2D eigenvalue weighted by Gasteiger charge is -2.25. The number of aryl methyl sites for hydroxylation is 1. The minimum Gasteiger partial charge on any atom is -0.353 e. The van der Waals surface area contributed by atoms with Gasteiger partial charge in [0.2, 0.25) is 0 Å². The molecule has 2 N–H and O–H groups in total. The highest BCUT2D eigenvalue weighted by Crippen LogP contribution is 2.30. The van der Waals surface area contributed by atoms with Gasteiger partial charge in [-0.05, 0) is 59.2 Å². The van der Waals surface area contributed by atoms with Gasteiger partial charge in [0.1, 0.15) is 5.84 Å². The maximum absolute atomic E-state index is 4.80. The number of nitrogens with one attached hydrogen (secondary N) is 2. The van der Waals surface area contributed by atoms with Crippen LogP contribution in [-0.2, 0) is 5.41 Å². The average Bonchev–Trinajstić information content (AvgIpc) is 2.77. The number of para-hydroxylation sites is 1. The van der Waals surface area contributed by atoms with E-state index < -0.39 is 0 Å². The first-order valence-electron chi connectivity index (χ1n) is 11.0. The molecule has 0 amide bonds. The Balaban J connectivity index is 1.56. The van der Waals surface area contributed by atoms with Crippen molar-refractivity contribution >= 4 is 17.2 Å². The monoisotopic (exact) mass is 409 g/mol. The summed E-state index contributed by atoms with van der Waals surface area (Å²) in [5, 5.41) is 7.23. The number of benzene rings is 3. The van der Waals surface area contributed by atoms with Gasteiger partial charge in [-0.2, -0.15) is 0 Å². The normalized spacial score (nSPS) is 13.9. The molecule has 0 bridgehead atoms. The summed E-state index contributed by atoms with van der Waals surface area (Å²) in [4.78, 5) is 4.80. The number of rotatable bonds is 4. The Morgan fingerprint density at radius 1 is 0.774 bits per heavy atom. The van der Waals surface area contributed by atoms with Crippen LogP contribution in [0.15, 0.2) is 89.6 Å². The molecule has 0 atom stereocenters. The van der Waals surface area contributed by atoms with Crippen LogP contribution in [-0.4, -0.2) is 12.4 Å². The van der Waals surface area contributed by atoms with Crippen LogP contribution in [0, 0.1) is 6.92 Å². The van der Waals surface area contributed by atoms with Crippen LogP contribution in [0.4, 0.5) is 11.4 Å². The Morgan fingerprint density at radius 3 is 2.26 bits per heavy atom. The fraction of sp³-hybridized carbons (Fsp3) is 0.250. The van der Waals surface area contributed by atoms with Crippen molar-refractivity contribution in [3.05, 3.63) is 95.7 Å². The second kappa shape index (κ2) is 8.81. The summed E-state index contributed by atoms with van der Waals surface area (Å²) in [5.74, 6) is 0.898. The van der Waals surface area contributed by atoms with Crippen LogP contribution in [0.25, 0.3) is 11.1 Å². The zero-order chi connectivity index (χ0) is 21.8. The van der Waals surface area contributed by atoms with E-state index in [0.29, 0.717) is 0 Å². The van der Waals surface area contributed by atoms with E-state index in [2.05, 4.69) is 111 Å². The van der Waals surface area contributed by atoms with E-state index in [1.165, 1.54) is 22.3 Å². The van der Waals surface area contributed by atoms with Crippen molar-refractivity contribution in [3.8, 4) is 11.1 Å². The SMILES string of the molecule is Cc1cc(-c2ccccc2)ccc1NC1=CCCN=C1Nc1ccccc1C(C)(C)C. The molecule has 0 saturated carbocycles. The van der Waals surface area contributed by atoms with Crippen molar-refractivity contribution in [2.45, 2.75) is 39.5 Å². The lowest BCUT2D eigenvalue weighted by Crippen LogP contribution is -2.25. The van der Waals surface area contributed by atoms with Crippen LogP contribution in [0.5, 0.6) is 0 Å². The summed E-state index contributed by atoms with van der Waals surface area (Å²) < 4.78 is 0. The van der Waals surface area contributed by atoms with E-state index in [9.17, 15) is 0 Å². The van der Waals surface area contributed by atoms with Gasteiger partial charge >= 0.3 is 0 Å². The van der Waals surface area contributed by atoms with E-state index in [4.69, 9.17) is 4.99 Å². The maximum atomic E-state index is 4.80. The van der Waals surface area contributed by atoms with Gasteiger partial charge in [-0.15, -0.1) is 0 Å². The van der Waals surface area contributed by atoms with E-state index in [1.807, 2.05) is 6.07 Å². The fourth-order valence-electron chi connectivity index (χ4n) is 3.92. The summed E-state index contributed by atoms with van der Waals surface area (Å²) in [6.45, 7) is 9.67. The van der Waals surface area contributed by atoms with Crippen molar-refractivity contribution in [1.82, 2.24) is 0 Å². The number of hydrogen-bond donors (Lipinski definition) is 2. The van der Waals surface area contributed by atoms with Gasteiger partial charge in [-0.3, -0.25) is 4.99 Å². The number of aliphatic imine (C=N–C) groups is 1. The van der Waals surface area contributed by atoms with Gasteiger partial charge in [0.05, 0.1) is 5.70 Å². The Labute approximate surface area is 185 Å². The first kappa shape index (κ1) is 20.9. The highest BCUT2D eigenvalue weighted by molar-refractivity contribution is 6.10. The first-order valence-corrected chi connectivity index (χ1v) is 11.0. The zero-order valence-corrected chi connectivity index (χ0v) is 18.9. The second-order valence-electron chi connectivity index (χ2n) is 9.08. The molecular weight excluding hydrogens is 378 g/mol. The quantitative estimate of drug-likeness (QED) is 0.479. The van der Waals surface area contributed by atoms with E-state index in [-0.39, 0.29) is 5.41 Å². The van der Waals surface area contributed by atoms with Crippen molar-refractivity contribution in [2.24, 2.45) is 4.99 Å². The fourth-order valence-corrected chi connectivity index (χ4v) is 3.92. The molecule has 3 nitrogen and oxygen atoms in total. The summed E-state index contributed by atoms with van der Waals surface area (Å²) in [5.41, 5.74) is 8.26. The smallest absolute Gasteiger partial charge is 0.149 e. The molecule has 0 radical (unpaired) electrons. The molecule has 0 unspecified atom stereocenters. The van der Waals surface area contributed by atoms with Gasteiger partial charge < -0.3 is 10.6 Å². The molecule has 4 rings (SSSR count). The lowest BCUT2D eigenvalue weighted by atomic mass is 9.86. The Morgan fingerprint density at radius 2 is 1.52 bits per heavy atom. The van der Waals surface area contributed by atoms with Crippen LogP contribution in [0.1, 0.15) is 38.3 Å². The lowest BCUT2D eigenvalue weighted by molar-refractivity contribution is 0.592. The van der Waals surface area contributed by atoms with Crippen LogP contribution < -0.4 is 10.6 Å². The van der Waals surface area contributed by atoms with Gasteiger partial charge in [0.15, 0.2) is 0 Å². The minimum atomic E-state index is 0.0555. The zero-order valence-electron chi connectivity index (χ0n) is 18.9. The number of anilines is 2. The molecule has 1 aliphatic heterocycles. The Kier molecular flexibility index (Phi) is 5.94. The molecule has 0 spiro atoms. The van der Waals surface area contributed by atoms with Crippen molar-refractivity contribution in [3.63, 3.8) is 0 Å². The molecular formula is C28H31N3. The van der Waals surface area contributed by atoms with E-state index in [0.717, 1.165) is 35.9 Å². The number of amidine groups is 1. The van der Waals surface area contributed by atoms with Crippen molar-refractivity contribution in [2.75, 3.05) is 17.2 Å². The Hall–Kier alpha value is -3.33. The number of dihydropyridines is 1. The standard InChI is InChI=1S/C28H31N3/c1-20-19-22(21-11-6-5-7-12-21)16-17-24(20)30-26-15-10-18-29-27(26)31-25-14-9-8-13-23(25)28(2,3)4/h5-9,11-17,19,30H,10,18H2,1-4H3,(H,29,31). The van der Waals surface area contributed by atoms with E-state index in [1.54, 1.807) is 0 Å². The molecule has 1 heterocycles. The summed E-state index contributed by atoms with van der Waals surface area (Å²) in [7, 11) is 0. The summed E-state index contributed by atoms with van der Waals surface area (Å²) >= 11 is 0. The third-order valence-corrected chi connectivity index (χ3v) is 5.59. The Bertz CT molecular complexity index is 1120. The van der Waals surface area contributed by atoms with Gasteiger partial charge in [-0.25, -0.2) is 0 Å². The van der Waals surface area contributed by atoms with E-state index >= 15 is 0 Å². The van der Waals surface area contributed by atoms with Gasteiger partial charge in [-0.1, -0.05) is 81.4 Å². The van der Waals surface area contributed by atoms with Gasteiger partial charge in [0.25, 0.3) is 0 Å². The molecule has 1 aliphatic rings. The molecule has 3 heteroatoms. The molecule has 0 saturated heterocycles. The largest absolute Gasteiger partial charge is 0.353 e. The summed E-state index contributed by atoms with van der Waals surface area (Å²) in [6, 6.07) is 25.6. The van der Waals surface area contributed by atoms with Crippen molar-refractivity contribution < 1.29 is 0 Å². The number of hydrogen-bond acceptors (Lipinski definition) is 3. The molecule has 3 aromatic carbocycles. The highest BCUT2D eigenvalue weighted by atomic mass is 15.1. The second-order valence-corrected chi connectivity index (χ2v) is 9.08. The number of nitrogens with zero attached hydrogens (tertiary/aromatic N) is 1. The van der Waals surface area contributed by atoms with Gasteiger partial charge in [0, 0.05) is 17.9 Å². The van der Waals surface area contributed by atoms with Crippen LogP contribution >= 0.6 is 0 Å². The first-order chi connectivity index (χ1) is 14.9. The molecule has 0 fully saturated rings. The minimum absolute atomic E-state index is 0.0555. The average molecular weight is 410 g/mol. The molecule has 0 aliphatic carbocycles.